The van der Waals surface area contributed by atoms with Gasteiger partial charge in [-0.1, -0.05) is 11.6 Å². The molecule has 1 amide bonds. The number of rotatable bonds is 2. The van der Waals surface area contributed by atoms with Crippen LogP contribution >= 0.6 is 11.6 Å². The molecule has 18 heavy (non-hydrogen) atoms. The molecule has 0 aliphatic carbocycles. The third kappa shape index (κ3) is 2.44. The number of nitro groups is 1. The van der Waals surface area contributed by atoms with Gasteiger partial charge in [-0.25, -0.2) is 0 Å². The number of carbonyl (C=O) groups is 1. The molecule has 0 bridgehead atoms. The van der Waals surface area contributed by atoms with Crippen molar-refractivity contribution in [2.24, 2.45) is 5.73 Å². The molecule has 96 valence electrons. The average Bonchev–Trinajstić information content (AvgIpc) is 2.74. The molecule has 1 aromatic carbocycles. The van der Waals surface area contributed by atoms with Crippen LogP contribution in [-0.2, 0) is 0 Å². The molecule has 7 heteroatoms. The molecule has 1 aliphatic heterocycles. The second-order valence-corrected chi connectivity index (χ2v) is 4.65. The van der Waals surface area contributed by atoms with Crippen molar-refractivity contribution in [2.45, 2.75) is 12.5 Å². The predicted molar refractivity (Wildman–Crippen MR) is 66.6 cm³/mol. The van der Waals surface area contributed by atoms with E-state index in [1.54, 1.807) is 0 Å². The molecule has 0 aromatic heterocycles. The highest BCUT2D eigenvalue weighted by Gasteiger charge is 2.29. The number of likely N-dealkylation sites (tertiary alicyclic amines) is 1. The summed E-state index contributed by atoms with van der Waals surface area (Å²) in [6, 6.07) is 3.90. The molecule has 0 spiro atoms. The smallest absolute Gasteiger partial charge is 0.282 e. The van der Waals surface area contributed by atoms with Crippen LogP contribution in [0, 0.1) is 10.1 Å². The molecule has 0 radical (unpaired) electrons. The van der Waals surface area contributed by atoms with Gasteiger partial charge in [-0.3, -0.25) is 14.9 Å². The van der Waals surface area contributed by atoms with Crippen molar-refractivity contribution in [1.82, 2.24) is 4.90 Å². The minimum Gasteiger partial charge on any atom is -0.337 e. The zero-order valence-corrected chi connectivity index (χ0v) is 10.3. The fourth-order valence-electron chi connectivity index (χ4n) is 1.98. The number of hydrogen-bond acceptors (Lipinski definition) is 4. The van der Waals surface area contributed by atoms with Crippen molar-refractivity contribution in [3.8, 4) is 0 Å². The number of benzene rings is 1. The summed E-state index contributed by atoms with van der Waals surface area (Å²) in [5, 5.41) is 11.2. The quantitative estimate of drug-likeness (QED) is 0.649. The fraction of sp³-hybridized carbons (Fsp3) is 0.364. The first-order valence-electron chi connectivity index (χ1n) is 5.48. The first-order chi connectivity index (χ1) is 8.49. The lowest BCUT2D eigenvalue weighted by Crippen LogP contribution is -2.32. The van der Waals surface area contributed by atoms with Crippen LogP contribution in [-0.4, -0.2) is 34.9 Å². The highest BCUT2D eigenvalue weighted by molar-refractivity contribution is 6.31. The van der Waals surface area contributed by atoms with Crippen LogP contribution in [0.3, 0.4) is 0 Å². The molecular weight excluding hydrogens is 258 g/mol. The summed E-state index contributed by atoms with van der Waals surface area (Å²) in [6.45, 7) is 0.937. The van der Waals surface area contributed by atoms with Gasteiger partial charge in [0.2, 0.25) is 0 Å². The van der Waals surface area contributed by atoms with Crippen LogP contribution in [0.5, 0.6) is 0 Å². The fourth-order valence-corrected chi connectivity index (χ4v) is 2.15. The molecule has 1 heterocycles. The zero-order valence-electron chi connectivity index (χ0n) is 9.51. The van der Waals surface area contributed by atoms with Crippen molar-refractivity contribution in [2.75, 3.05) is 13.1 Å². The van der Waals surface area contributed by atoms with Crippen molar-refractivity contribution in [3.63, 3.8) is 0 Å². The van der Waals surface area contributed by atoms with Gasteiger partial charge in [0.15, 0.2) is 0 Å². The summed E-state index contributed by atoms with van der Waals surface area (Å²) in [5.41, 5.74) is 5.50. The van der Waals surface area contributed by atoms with E-state index in [0.29, 0.717) is 24.5 Å². The Morgan fingerprint density at radius 3 is 2.83 bits per heavy atom. The number of nitro benzene ring substituents is 1. The topological polar surface area (TPSA) is 89.5 Å². The summed E-state index contributed by atoms with van der Waals surface area (Å²) < 4.78 is 0. The van der Waals surface area contributed by atoms with E-state index in [4.69, 9.17) is 17.3 Å². The molecule has 1 aromatic rings. The van der Waals surface area contributed by atoms with Gasteiger partial charge in [0, 0.05) is 30.2 Å². The Bertz CT molecular complexity index is 506. The third-order valence-electron chi connectivity index (χ3n) is 2.90. The number of carbonyl (C=O) groups excluding carboxylic acids is 1. The van der Waals surface area contributed by atoms with Gasteiger partial charge in [0.05, 0.1) is 4.92 Å². The maximum Gasteiger partial charge on any atom is 0.282 e. The van der Waals surface area contributed by atoms with E-state index in [1.807, 2.05) is 0 Å². The van der Waals surface area contributed by atoms with Crippen LogP contribution in [0.15, 0.2) is 18.2 Å². The maximum absolute atomic E-state index is 12.2. The largest absolute Gasteiger partial charge is 0.337 e. The number of nitrogens with zero attached hydrogens (tertiary/aromatic N) is 2. The summed E-state index contributed by atoms with van der Waals surface area (Å²) in [6.07, 6.45) is 0.708. The number of amides is 1. The zero-order chi connectivity index (χ0) is 13.3. The summed E-state index contributed by atoms with van der Waals surface area (Å²) in [5.74, 6) is -0.392. The van der Waals surface area contributed by atoms with Crippen molar-refractivity contribution in [3.05, 3.63) is 38.9 Å². The molecule has 1 saturated heterocycles. The second kappa shape index (κ2) is 4.91. The van der Waals surface area contributed by atoms with Gasteiger partial charge in [0.1, 0.15) is 5.56 Å². The molecule has 2 rings (SSSR count). The lowest BCUT2D eigenvalue weighted by molar-refractivity contribution is -0.385. The minimum absolute atomic E-state index is 0.0154. The van der Waals surface area contributed by atoms with Crippen molar-refractivity contribution in [1.29, 1.82) is 0 Å². The van der Waals surface area contributed by atoms with E-state index in [-0.39, 0.29) is 17.3 Å². The summed E-state index contributed by atoms with van der Waals surface area (Å²) in [7, 11) is 0. The Kier molecular flexibility index (Phi) is 3.49. The normalized spacial score (nSPS) is 19.0. The van der Waals surface area contributed by atoms with Crippen LogP contribution in [0.4, 0.5) is 5.69 Å². The Morgan fingerprint density at radius 2 is 2.28 bits per heavy atom. The molecule has 1 aliphatic rings. The van der Waals surface area contributed by atoms with Gasteiger partial charge in [-0.2, -0.15) is 0 Å². The minimum atomic E-state index is -0.584. The molecule has 1 fully saturated rings. The molecule has 2 N–H and O–H groups in total. The summed E-state index contributed by atoms with van der Waals surface area (Å²) >= 11 is 5.78. The Balaban J connectivity index is 2.34. The molecule has 0 unspecified atom stereocenters. The maximum atomic E-state index is 12.2. The Hall–Kier alpha value is -1.66. The van der Waals surface area contributed by atoms with Crippen LogP contribution in [0.1, 0.15) is 16.8 Å². The van der Waals surface area contributed by atoms with E-state index >= 15 is 0 Å². The average molecular weight is 270 g/mol. The standard InChI is InChI=1S/C11H12ClN3O3/c12-7-1-2-10(15(17)18)9(5-7)11(16)14-4-3-8(13)6-14/h1-2,5,8H,3-4,6,13H2/t8-/m0/s1. The van der Waals surface area contributed by atoms with E-state index in [0.717, 1.165) is 0 Å². The third-order valence-corrected chi connectivity index (χ3v) is 3.13. The van der Waals surface area contributed by atoms with E-state index in [1.165, 1.54) is 23.1 Å². The van der Waals surface area contributed by atoms with Gasteiger partial charge < -0.3 is 10.6 Å². The second-order valence-electron chi connectivity index (χ2n) is 4.22. The molecule has 1 atom stereocenters. The molecule has 0 saturated carbocycles. The van der Waals surface area contributed by atoms with Crippen LogP contribution in [0.25, 0.3) is 0 Å². The van der Waals surface area contributed by atoms with Crippen molar-refractivity contribution >= 4 is 23.2 Å². The number of halogens is 1. The first kappa shape index (κ1) is 12.8. The molecule has 6 nitrogen and oxygen atoms in total. The van der Waals surface area contributed by atoms with Crippen LogP contribution in [0.2, 0.25) is 5.02 Å². The Morgan fingerprint density at radius 1 is 1.56 bits per heavy atom. The Labute approximate surface area is 108 Å². The highest BCUT2D eigenvalue weighted by Crippen LogP contribution is 2.25. The predicted octanol–water partition coefficient (Wildman–Crippen LogP) is 1.42. The number of nitrogens with two attached hydrogens (primary N) is 1. The van der Waals surface area contributed by atoms with Gasteiger partial charge in [0.25, 0.3) is 11.6 Å². The van der Waals surface area contributed by atoms with E-state index in [9.17, 15) is 14.9 Å². The van der Waals surface area contributed by atoms with Gasteiger partial charge >= 0.3 is 0 Å². The van der Waals surface area contributed by atoms with E-state index < -0.39 is 10.8 Å². The highest BCUT2D eigenvalue weighted by atomic mass is 35.5. The van der Waals surface area contributed by atoms with Gasteiger partial charge in [-0.15, -0.1) is 0 Å². The van der Waals surface area contributed by atoms with Crippen molar-refractivity contribution < 1.29 is 9.72 Å². The summed E-state index contributed by atoms with van der Waals surface area (Å²) in [4.78, 5) is 24.0. The SMILES string of the molecule is N[C@H]1CCN(C(=O)c2cc(Cl)ccc2[N+](=O)[O-])C1. The lowest BCUT2D eigenvalue weighted by Gasteiger charge is -2.15. The monoisotopic (exact) mass is 269 g/mol. The lowest BCUT2D eigenvalue weighted by atomic mass is 10.1. The first-order valence-corrected chi connectivity index (χ1v) is 5.85. The molecular formula is C11H12ClN3O3. The number of hydrogen-bond donors (Lipinski definition) is 1. The van der Waals surface area contributed by atoms with Crippen LogP contribution < -0.4 is 5.73 Å². The van der Waals surface area contributed by atoms with E-state index in [2.05, 4.69) is 0 Å². The van der Waals surface area contributed by atoms with Gasteiger partial charge in [-0.05, 0) is 18.6 Å².